The number of hydrogen-bond acceptors (Lipinski definition) is 3. The molecule has 0 bridgehead atoms. The molecule has 0 unspecified atom stereocenters. The molecule has 0 fully saturated rings. The zero-order valence-electron chi connectivity index (χ0n) is 7.30. The Morgan fingerprint density at radius 1 is 1.50 bits per heavy atom. The van der Waals surface area contributed by atoms with Gasteiger partial charge in [-0.15, -0.1) is 11.8 Å². The highest BCUT2D eigenvalue weighted by atomic mass is 32.2. The van der Waals surface area contributed by atoms with E-state index >= 15 is 0 Å². The molecule has 1 N–H and O–H groups in total. The molecule has 0 aliphatic rings. The van der Waals surface area contributed by atoms with Gasteiger partial charge in [0.25, 0.3) is 0 Å². The van der Waals surface area contributed by atoms with E-state index in [0.717, 1.165) is 24.0 Å². The van der Waals surface area contributed by atoms with Crippen LogP contribution >= 0.6 is 11.8 Å². The van der Waals surface area contributed by atoms with Crippen LogP contribution in [0.25, 0.3) is 0 Å². The lowest BCUT2D eigenvalue weighted by atomic mass is 10.1. The van der Waals surface area contributed by atoms with E-state index in [-0.39, 0.29) is 10.6 Å². The summed E-state index contributed by atoms with van der Waals surface area (Å²) in [5.74, 6) is 0. The normalized spacial score (nSPS) is 11.8. The molecular formula is C8H8F3NOS. The Bertz CT molecular complexity index is 327. The van der Waals surface area contributed by atoms with Gasteiger partial charge in [0.05, 0.1) is 12.2 Å². The maximum Gasteiger partial charge on any atom is 0.416 e. The minimum absolute atomic E-state index is 0.160. The van der Waals surface area contributed by atoms with Crippen LogP contribution in [0.1, 0.15) is 11.1 Å². The van der Waals surface area contributed by atoms with Gasteiger partial charge in [-0.2, -0.15) is 13.2 Å². The van der Waals surface area contributed by atoms with Crippen molar-refractivity contribution >= 4 is 11.8 Å². The summed E-state index contributed by atoms with van der Waals surface area (Å²) < 4.78 is 37.2. The second-order valence-electron chi connectivity index (χ2n) is 2.50. The zero-order valence-corrected chi connectivity index (χ0v) is 8.11. The van der Waals surface area contributed by atoms with Gasteiger partial charge >= 0.3 is 6.18 Å². The first-order valence-corrected chi connectivity index (χ1v) is 4.93. The summed E-state index contributed by atoms with van der Waals surface area (Å²) in [7, 11) is 0. The van der Waals surface area contributed by atoms with Gasteiger partial charge in [0, 0.05) is 11.8 Å². The number of rotatable bonds is 2. The summed E-state index contributed by atoms with van der Waals surface area (Å²) in [6.45, 7) is -0.654. The molecule has 6 heteroatoms. The van der Waals surface area contributed by atoms with Crippen LogP contribution < -0.4 is 0 Å². The monoisotopic (exact) mass is 223 g/mol. The summed E-state index contributed by atoms with van der Waals surface area (Å²) >= 11 is 1.08. The first kappa shape index (κ1) is 11.3. The number of aliphatic hydroxyl groups is 1. The minimum Gasteiger partial charge on any atom is -0.392 e. The lowest BCUT2D eigenvalue weighted by Crippen LogP contribution is -2.10. The number of pyridine rings is 1. The molecule has 1 rings (SSSR count). The van der Waals surface area contributed by atoms with E-state index in [4.69, 9.17) is 5.11 Å². The Morgan fingerprint density at radius 3 is 2.57 bits per heavy atom. The Hall–Kier alpha value is -0.750. The van der Waals surface area contributed by atoms with Gasteiger partial charge in [0.1, 0.15) is 5.03 Å². The van der Waals surface area contributed by atoms with Gasteiger partial charge < -0.3 is 5.11 Å². The van der Waals surface area contributed by atoms with Crippen molar-refractivity contribution in [1.82, 2.24) is 4.98 Å². The molecule has 0 aliphatic carbocycles. The van der Waals surface area contributed by atoms with Gasteiger partial charge in [0.2, 0.25) is 0 Å². The first-order valence-electron chi connectivity index (χ1n) is 3.70. The Morgan fingerprint density at radius 2 is 2.14 bits per heavy atom. The number of alkyl halides is 3. The van der Waals surface area contributed by atoms with Crippen molar-refractivity contribution in [3.8, 4) is 0 Å². The molecule has 78 valence electrons. The van der Waals surface area contributed by atoms with Crippen molar-refractivity contribution in [3.63, 3.8) is 0 Å². The fourth-order valence-electron chi connectivity index (χ4n) is 1.07. The van der Waals surface area contributed by atoms with Crippen LogP contribution in [0.5, 0.6) is 0 Å². The van der Waals surface area contributed by atoms with E-state index in [9.17, 15) is 13.2 Å². The third kappa shape index (κ3) is 2.19. The molecule has 2 nitrogen and oxygen atoms in total. The van der Waals surface area contributed by atoms with Gasteiger partial charge in [-0.25, -0.2) is 4.98 Å². The van der Waals surface area contributed by atoms with E-state index in [1.165, 1.54) is 0 Å². The van der Waals surface area contributed by atoms with E-state index in [1.807, 2.05) is 0 Å². The van der Waals surface area contributed by atoms with Crippen molar-refractivity contribution in [2.75, 3.05) is 6.26 Å². The lowest BCUT2D eigenvalue weighted by molar-refractivity contribution is -0.139. The second-order valence-corrected chi connectivity index (χ2v) is 3.30. The minimum atomic E-state index is -4.44. The van der Waals surface area contributed by atoms with Gasteiger partial charge in [-0.1, -0.05) is 0 Å². The second kappa shape index (κ2) is 4.18. The van der Waals surface area contributed by atoms with Crippen molar-refractivity contribution in [2.45, 2.75) is 17.8 Å². The highest BCUT2D eigenvalue weighted by Crippen LogP contribution is 2.34. The largest absolute Gasteiger partial charge is 0.416 e. The number of thioether (sulfide) groups is 1. The van der Waals surface area contributed by atoms with Crippen LogP contribution in [0.15, 0.2) is 17.3 Å². The topological polar surface area (TPSA) is 33.1 Å². The lowest BCUT2D eigenvalue weighted by Gasteiger charge is -2.12. The number of halogens is 3. The van der Waals surface area contributed by atoms with Crippen LogP contribution in [-0.4, -0.2) is 16.3 Å². The van der Waals surface area contributed by atoms with Crippen molar-refractivity contribution in [1.29, 1.82) is 0 Å². The van der Waals surface area contributed by atoms with Crippen LogP contribution in [0.2, 0.25) is 0 Å². The number of aliphatic hydroxyl groups excluding tert-OH is 1. The number of hydrogen-bond donors (Lipinski definition) is 1. The molecular weight excluding hydrogens is 215 g/mol. The Labute approximate surface area is 83.2 Å². The summed E-state index contributed by atoms with van der Waals surface area (Å²) in [4.78, 5) is 3.75. The quantitative estimate of drug-likeness (QED) is 0.781. The maximum atomic E-state index is 12.4. The average Bonchev–Trinajstić information content (AvgIpc) is 2.15. The van der Waals surface area contributed by atoms with Crippen molar-refractivity contribution < 1.29 is 18.3 Å². The molecule has 0 atom stereocenters. The highest BCUT2D eigenvalue weighted by molar-refractivity contribution is 7.98. The molecule has 14 heavy (non-hydrogen) atoms. The summed E-state index contributed by atoms with van der Waals surface area (Å²) in [5.41, 5.74) is -0.980. The molecule has 0 amide bonds. The molecule has 1 aromatic heterocycles. The number of nitrogens with zero attached hydrogens (tertiary/aromatic N) is 1. The summed E-state index contributed by atoms with van der Waals surface area (Å²) in [6.07, 6.45) is -1.74. The molecule has 0 aromatic carbocycles. The van der Waals surface area contributed by atoms with Crippen LogP contribution in [0, 0.1) is 0 Å². The first-order chi connectivity index (χ1) is 6.50. The van der Waals surface area contributed by atoms with Crippen molar-refractivity contribution in [2.24, 2.45) is 0 Å². The van der Waals surface area contributed by atoms with E-state index in [2.05, 4.69) is 4.98 Å². The van der Waals surface area contributed by atoms with Crippen molar-refractivity contribution in [3.05, 3.63) is 23.4 Å². The molecule has 0 spiro atoms. The van der Waals surface area contributed by atoms with E-state index < -0.39 is 18.3 Å². The molecule has 0 saturated carbocycles. The third-order valence-electron chi connectivity index (χ3n) is 1.67. The SMILES string of the molecule is CSc1nccc(C(F)(F)F)c1CO. The van der Waals surface area contributed by atoms with Crippen LogP contribution in [0.4, 0.5) is 13.2 Å². The molecule has 1 aromatic rings. The zero-order chi connectivity index (χ0) is 10.8. The van der Waals surface area contributed by atoms with Crippen LogP contribution in [-0.2, 0) is 12.8 Å². The summed E-state index contributed by atoms with van der Waals surface area (Å²) in [6, 6.07) is 0.866. The van der Waals surface area contributed by atoms with Gasteiger partial charge in [-0.3, -0.25) is 0 Å². The predicted molar refractivity (Wildman–Crippen MR) is 46.9 cm³/mol. The van der Waals surface area contributed by atoms with Gasteiger partial charge in [-0.05, 0) is 12.3 Å². The van der Waals surface area contributed by atoms with E-state index in [1.54, 1.807) is 6.26 Å². The highest BCUT2D eigenvalue weighted by Gasteiger charge is 2.34. The molecule has 0 aliphatic heterocycles. The number of aromatic nitrogens is 1. The standard InChI is InChI=1S/C8H8F3NOS/c1-14-7-5(4-13)6(2-3-12-7)8(9,10)11/h2-3,13H,4H2,1H3. The molecule has 1 heterocycles. The average molecular weight is 223 g/mol. The smallest absolute Gasteiger partial charge is 0.392 e. The molecule has 0 saturated heterocycles. The van der Waals surface area contributed by atoms with Gasteiger partial charge in [0.15, 0.2) is 0 Å². The fourth-order valence-corrected chi connectivity index (χ4v) is 1.65. The van der Waals surface area contributed by atoms with Crippen LogP contribution in [0.3, 0.4) is 0 Å². The Balaban J connectivity index is 3.29. The maximum absolute atomic E-state index is 12.4. The predicted octanol–water partition coefficient (Wildman–Crippen LogP) is 2.31. The Kier molecular flexibility index (Phi) is 3.38. The molecule has 0 radical (unpaired) electrons. The fraction of sp³-hybridized carbons (Fsp3) is 0.375. The third-order valence-corrected chi connectivity index (χ3v) is 2.41. The van der Waals surface area contributed by atoms with E-state index in [0.29, 0.717) is 0 Å². The summed E-state index contributed by atoms with van der Waals surface area (Å²) in [5, 5.41) is 9.05.